The van der Waals surface area contributed by atoms with Gasteiger partial charge in [-0.05, 0) is 82.4 Å². The summed E-state index contributed by atoms with van der Waals surface area (Å²) < 4.78 is 9.36. The minimum atomic E-state index is 0.924. The predicted octanol–water partition coefficient (Wildman–Crippen LogP) is 14.4. The molecule has 10 aromatic rings. The van der Waals surface area contributed by atoms with E-state index in [-0.39, 0.29) is 0 Å². The smallest absolute Gasteiger partial charge is 0.144 e. The summed E-state index contributed by atoms with van der Waals surface area (Å²) in [4.78, 5) is 2.33. The number of anilines is 3. The number of para-hydroxylation sites is 1. The Bertz CT molecular complexity index is 2730. The summed E-state index contributed by atoms with van der Waals surface area (Å²) in [6.07, 6.45) is 0. The fourth-order valence-electron chi connectivity index (χ4n) is 7.40. The molecule has 0 bridgehead atoms. The Morgan fingerprint density at radius 3 is 1.43 bits per heavy atom. The first kappa shape index (κ1) is 29.5. The topological polar surface area (TPSA) is 16.4 Å². The van der Waals surface area contributed by atoms with Crippen molar-refractivity contribution in [3.05, 3.63) is 188 Å². The van der Waals surface area contributed by atoms with Gasteiger partial charge in [-0.1, -0.05) is 133 Å². The summed E-state index contributed by atoms with van der Waals surface area (Å²) in [7, 11) is 0. The lowest BCUT2D eigenvalue weighted by Crippen LogP contribution is -2.09. The third kappa shape index (κ3) is 5.10. The van der Waals surface area contributed by atoms with Crippen LogP contribution in [-0.4, -0.2) is 0 Å². The summed E-state index contributed by atoms with van der Waals surface area (Å²) >= 11 is 1.82. The van der Waals surface area contributed by atoms with Gasteiger partial charge in [-0.15, -0.1) is 11.3 Å². The molecule has 0 aliphatic carbocycles. The molecule has 0 amide bonds. The zero-order chi connectivity index (χ0) is 33.7. The number of thiophene rings is 1. The zero-order valence-electron chi connectivity index (χ0n) is 27.7. The highest BCUT2D eigenvalue weighted by Crippen LogP contribution is 2.44. The molecule has 0 N–H and O–H groups in total. The van der Waals surface area contributed by atoms with Crippen molar-refractivity contribution in [2.75, 3.05) is 4.90 Å². The van der Waals surface area contributed by atoms with Crippen molar-refractivity contribution in [1.82, 2.24) is 0 Å². The van der Waals surface area contributed by atoms with E-state index in [1.165, 1.54) is 42.4 Å². The number of hydrogen-bond acceptors (Lipinski definition) is 3. The molecule has 51 heavy (non-hydrogen) atoms. The van der Waals surface area contributed by atoms with Gasteiger partial charge in [0.15, 0.2) is 0 Å². The van der Waals surface area contributed by atoms with E-state index in [1.54, 1.807) is 0 Å². The average Bonchev–Trinajstić information content (AvgIpc) is 3.78. The molecule has 0 atom stereocenters. The first-order chi connectivity index (χ1) is 25.3. The molecule has 0 radical (unpaired) electrons. The molecule has 8 aromatic carbocycles. The third-order valence-corrected chi connectivity index (χ3v) is 11.0. The third-order valence-electron chi connectivity index (χ3n) is 9.91. The minimum Gasteiger partial charge on any atom is -0.455 e. The number of fused-ring (bicyclic) bond motifs is 7. The van der Waals surface area contributed by atoms with Gasteiger partial charge in [-0.25, -0.2) is 0 Å². The lowest BCUT2D eigenvalue weighted by atomic mass is 10.0. The van der Waals surface area contributed by atoms with E-state index in [0.29, 0.717) is 0 Å². The van der Waals surface area contributed by atoms with Gasteiger partial charge in [0.25, 0.3) is 0 Å². The van der Waals surface area contributed by atoms with Crippen molar-refractivity contribution in [1.29, 1.82) is 0 Å². The average molecular weight is 670 g/mol. The molecule has 0 saturated heterocycles. The highest BCUT2D eigenvalue weighted by Gasteiger charge is 2.18. The van der Waals surface area contributed by atoms with Crippen molar-refractivity contribution in [3.63, 3.8) is 0 Å². The van der Waals surface area contributed by atoms with E-state index in [2.05, 4.69) is 193 Å². The van der Waals surface area contributed by atoms with Crippen molar-refractivity contribution >= 4 is 70.5 Å². The molecular formula is C48H31NOS. The van der Waals surface area contributed by atoms with Crippen LogP contribution in [0.3, 0.4) is 0 Å². The summed E-state index contributed by atoms with van der Waals surface area (Å²) in [6.45, 7) is 0. The van der Waals surface area contributed by atoms with Crippen LogP contribution in [0.5, 0.6) is 0 Å². The molecule has 2 aromatic heterocycles. The molecule has 240 valence electrons. The molecule has 0 spiro atoms. The normalized spacial score (nSPS) is 11.5. The number of nitrogens with zero attached hydrogens (tertiary/aromatic N) is 1. The van der Waals surface area contributed by atoms with Gasteiger partial charge in [0.1, 0.15) is 11.2 Å². The van der Waals surface area contributed by atoms with Crippen LogP contribution in [0.25, 0.3) is 75.5 Å². The summed E-state index contributed by atoms with van der Waals surface area (Å²) in [5, 5.41) is 4.76. The number of rotatable bonds is 6. The van der Waals surface area contributed by atoms with Crippen LogP contribution >= 0.6 is 11.3 Å². The summed E-state index contributed by atoms with van der Waals surface area (Å²) in [5.41, 5.74) is 12.2. The van der Waals surface area contributed by atoms with Crippen LogP contribution in [-0.2, 0) is 0 Å². The van der Waals surface area contributed by atoms with Gasteiger partial charge in [-0.3, -0.25) is 0 Å². The van der Waals surface area contributed by atoms with Gasteiger partial charge < -0.3 is 9.32 Å². The second-order valence-electron chi connectivity index (χ2n) is 12.9. The molecule has 2 nitrogen and oxygen atoms in total. The maximum atomic E-state index is 6.83. The van der Waals surface area contributed by atoms with E-state index in [4.69, 9.17) is 4.42 Å². The van der Waals surface area contributed by atoms with Gasteiger partial charge in [-0.2, -0.15) is 0 Å². The lowest BCUT2D eigenvalue weighted by Gasteiger charge is -2.26. The highest BCUT2D eigenvalue weighted by molar-refractivity contribution is 7.26. The number of hydrogen-bond donors (Lipinski definition) is 0. The van der Waals surface area contributed by atoms with Gasteiger partial charge in [0, 0.05) is 53.6 Å². The molecule has 3 heteroatoms. The number of benzene rings is 8. The highest BCUT2D eigenvalue weighted by atomic mass is 32.1. The molecular weight excluding hydrogens is 639 g/mol. The van der Waals surface area contributed by atoms with Gasteiger partial charge >= 0.3 is 0 Å². The van der Waals surface area contributed by atoms with E-state index < -0.39 is 0 Å². The first-order valence-electron chi connectivity index (χ1n) is 17.3. The van der Waals surface area contributed by atoms with Crippen LogP contribution in [0.1, 0.15) is 0 Å². The quantitative estimate of drug-likeness (QED) is 0.175. The van der Waals surface area contributed by atoms with Gasteiger partial charge in [0.05, 0.1) is 0 Å². The maximum Gasteiger partial charge on any atom is 0.144 e. The Balaban J connectivity index is 1.06. The Morgan fingerprint density at radius 1 is 0.333 bits per heavy atom. The van der Waals surface area contributed by atoms with Crippen LogP contribution in [0, 0.1) is 0 Å². The fourth-order valence-corrected chi connectivity index (χ4v) is 8.50. The maximum absolute atomic E-state index is 6.83. The van der Waals surface area contributed by atoms with Crippen molar-refractivity contribution < 1.29 is 4.42 Å². The molecule has 0 aliphatic heterocycles. The second-order valence-corrected chi connectivity index (χ2v) is 14.0. The SMILES string of the molecule is c1ccc(-c2ccc(N(c3ccc(-c4ccccc4)cc3)c3ccc(-c4cccc5c4oc4c5ccc5sc6ccccc6c54)cc3)cc2)cc1. The van der Waals surface area contributed by atoms with Crippen LogP contribution < -0.4 is 4.90 Å². The molecule has 2 heterocycles. The molecule has 0 saturated carbocycles. The van der Waals surface area contributed by atoms with Crippen molar-refractivity contribution in [3.8, 4) is 33.4 Å². The summed E-state index contributed by atoms with van der Waals surface area (Å²) in [6, 6.07) is 67.2. The van der Waals surface area contributed by atoms with E-state index in [1.807, 2.05) is 11.3 Å². The van der Waals surface area contributed by atoms with Gasteiger partial charge in [0.2, 0.25) is 0 Å². The Labute approximate surface area is 300 Å². The van der Waals surface area contributed by atoms with E-state index >= 15 is 0 Å². The Kier molecular flexibility index (Phi) is 7.04. The van der Waals surface area contributed by atoms with Crippen molar-refractivity contribution in [2.45, 2.75) is 0 Å². The second kappa shape index (κ2) is 12.2. The largest absolute Gasteiger partial charge is 0.455 e. The standard InChI is InChI=1S/C48H31NOS/c1-3-10-32(11-4-1)34-18-24-37(25-19-34)49(38-26-20-35(21-27-38)33-12-5-2-6-13-33)39-28-22-36(23-29-39)40-15-9-16-41-42-30-31-45-46(48(42)50-47(40)41)43-14-7-8-17-44(43)51-45/h1-31H. The van der Waals surface area contributed by atoms with Crippen LogP contribution in [0.2, 0.25) is 0 Å². The monoisotopic (exact) mass is 669 g/mol. The van der Waals surface area contributed by atoms with Crippen molar-refractivity contribution in [2.24, 2.45) is 0 Å². The number of furan rings is 1. The zero-order valence-corrected chi connectivity index (χ0v) is 28.5. The minimum absolute atomic E-state index is 0.924. The summed E-state index contributed by atoms with van der Waals surface area (Å²) in [5.74, 6) is 0. The molecule has 0 unspecified atom stereocenters. The van der Waals surface area contributed by atoms with E-state index in [9.17, 15) is 0 Å². The molecule has 0 aliphatic rings. The van der Waals surface area contributed by atoms with E-state index in [0.717, 1.165) is 50.1 Å². The molecule has 10 rings (SSSR count). The predicted molar refractivity (Wildman–Crippen MR) is 218 cm³/mol. The fraction of sp³-hybridized carbons (Fsp3) is 0. The Hall–Kier alpha value is -6.42. The Morgan fingerprint density at radius 2 is 0.824 bits per heavy atom. The lowest BCUT2D eigenvalue weighted by molar-refractivity contribution is 0.674. The van der Waals surface area contributed by atoms with Crippen LogP contribution in [0.15, 0.2) is 192 Å². The molecule has 0 fully saturated rings. The van der Waals surface area contributed by atoms with Crippen LogP contribution in [0.4, 0.5) is 17.1 Å². The first-order valence-corrected chi connectivity index (χ1v) is 18.1.